The Morgan fingerprint density at radius 3 is 1.78 bits per heavy atom. The molecular formula is C21H42O2. The predicted molar refractivity (Wildman–Crippen MR) is 102 cm³/mol. The quantitative estimate of drug-likeness (QED) is 0.171. The molecule has 0 radical (unpaired) electrons. The number of hydrogen-bond acceptors (Lipinski definition) is 2. The van der Waals surface area contributed by atoms with Crippen molar-refractivity contribution in [2.75, 3.05) is 6.61 Å². The van der Waals surface area contributed by atoms with Gasteiger partial charge in [0.25, 0.3) is 0 Å². The molecular weight excluding hydrogens is 284 g/mol. The van der Waals surface area contributed by atoms with Crippen molar-refractivity contribution in [1.29, 1.82) is 0 Å². The number of ether oxygens (including phenoxy) is 1. The molecule has 138 valence electrons. The standard InChI is InChI=1S/C21H42O2/c1-3-5-6-7-8-9-10-11-12-13-14-15-16-17-18-19-21(22)23-20-4-2/h11-12,21-22H,3-10,13-20H2,1-2H3/b12-11-. The summed E-state index contributed by atoms with van der Waals surface area (Å²) in [6, 6.07) is 0. The Hall–Kier alpha value is -0.340. The predicted octanol–water partition coefficient (Wildman–Crippen LogP) is 6.77. The summed E-state index contributed by atoms with van der Waals surface area (Å²) in [4.78, 5) is 0. The summed E-state index contributed by atoms with van der Waals surface area (Å²) in [5, 5.41) is 9.55. The maximum absolute atomic E-state index is 9.55. The minimum absolute atomic E-state index is 0.542. The van der Waals surface area contributed by atoms with Gasteiger partial charge in [-0.3, -0.25) is 0 Å². The fraction of sp³-hybridized carbons (Fsp3) is 0.905. The molecule has 0 heterocycles. The summed E-state index contributed by atoms with van der Waals surface area (Å²) in [6.07, 6.45) is 23.0. The molecule has 0 bridgehead atoms. The van der Waals surface area contributed by atoms with E-state index >= 15 is 0 Å². The van der Waals surface area contributed by atoms with Crippen molar-refractivity contribution >= 4 is 0 Å². The Bertz CT molecular complexity index is 238. The highest BCUT2D eigenvalue weighted by Gasteiger charge is 2.02. The largest absolute Gasteiger partial charge is 0.368 e. The van der Waals surface area contributed by atoms with E-state index < -0.39 is 6.29 Å². The minimum Gasteiger partial charge on any atom is -0.368 e. The van der Waals surface area contributed by atoms with Gasteiger partial charge in [-0.15, -0.1) is 0 Å². The van der Waals surface area contributed by atoms with Crippen molar-refractivity contribution in [3.8, 4) is 0 Å². The molecule has 0 aliphatic heterocycles. The summed E-state index contributed by atoms with van der Waals surface area (Å²) < 4.78 is 5.26. The Morgan fingerprint density at radius 1 is 0.696 bits per heavy atom. The molecule has 1 N–H and O–H groups in total. The molecule has 0 fully saturated rings. The monoisotopic (exact) mass is 326 g/mol. The molecule has 2 nitrogen and oxygen atoms in total. The summed E-state index contributed by atoms with van der Waals surface area (Å²) in [5.74, 6) is 0. The van der Waals surface area contributed by atoms with E-state index in [-0.39, 0.29) is 0 Å². The Labute approximate surface area is 145 Å². The summed E-state index contributed by atoms with van der Waals surface area (Å²) in [7, 11) is 0. The summed E-state index contributed by atoms with van der Waals surface area (Å²) in [6.45, 7) is 5.01. The van der Waals surface area contributed by atoms with Gasteiger partial charge in [0.05, 0.1) is 0 Å². The molecule has 0 aliphatic rings. The molecule has 0 saturated heterocycles. The smallest absolute Gasteiger partial charge is 0.154 e. The lowest BCUT2D eigenvalue weighted by atomic mass is 10.1. The third-order valence-electron chi connectivity index (χ3n) is 4.23. The highest BCUT2D eigenvalue weighted by Crippen LogP contribution is 2.11. The van der Waals surface area contributed by atoms with Crippen LogP contribution in [0.15, 0.2) is 12.2 Å². The molecule has 0 saturated carbocycles. The number of allylic oxidation sites excluding steroid dienone is 2. The van der Waals surface area contributed by atoms with Crippen LogP contribution in [0.3, 0.4) is 0 Å². The van der Waals surface area contributed by atoms with Crippen LogP contribution in [-0.4, -0.2) is 18.0 Å². The van der Waals surface area contributed by atoms with Gasteiger partial charge in [-0.2, -0.15) is 0 Å². The molecule has 1 atom stereocenters. The Balaban J connectivity index is 3.13. The molecule has 0 spiro atoms. The Kier molecular flexibility index (Phi) is 19.4. The SMILES string of the molecule is CCCCCCCC/C=C\CCCCCCCC(O)OCCC. The van der Waals surface area contributed by atoms with Crippen molar-refractivity contribution < 1.29 is 9.84 Å². The normalized spacial score (nSPS) is 13.0. The van der Waals surface area contributed by atoms with Crippen molar-refractivity contribution in [3.63, 3.8) is 0 Å². The van der Waals surface area contributed by atoms with Gasteiger partial charge in [-0.1, -0.05) is 77.4 Å². The third kappa shape index (κ3) is 19.6. The maximum Gasteiger partial charge on any atom is 0.154 e. The number of hydrogen-bond donors (Lipinski definition) is 1. The molecule has 0 aromatic rings. The average Bonchev–Trinajstić information content (AvgIpc) is 2.56. The van der Waals surface area contributed by atoms with E-state index in [4.69, 9.17) is 4.74 Å². The lowest BCUT2D eigenvalue weighted by molar-refractivity contribution is -0.104. The van der Waals surface area contributed by atoms with Gasteiger partial charge in [0.2, 0.25) is 0 Å². The van der Waals surface area contributed by atoms with Crippen molar-refractivity contribution in [1.82, 2.24) is 0 Å². The van der Waals surface area contributed by atoms with Crippen LogP contribution in [0.1, 0.15) is 110 Å². The van der Waals surface area contributed by atoms with Crippen molar-refractivity contribution in [3.05, 3.63) is 12.2 Å². The third-order valence-corrected chi connectivity index (χ3v) is 4.23. The van der Waals surface area contributed by atoms with Crippen LogP contribution < -0.4 is 0 Å². The van der Waals surface area contributed by atoms with E-state index in [0.717, 1.165) is 19.3 Å². The first-order chi connectivity index (χ1) is 11.3. The zero-order chi connectivity index (χ0) is 17.0. The van der Waals surface area contributed by atoms with Gasteiger partial charge in [0, 0.05) is 6.61 Å². The van der Waals surface area contributed by atoms with E-state index in [2.05, 4.69) is 26.0 Å². The fourth-order valence-electron chi connectivity index (χ4n) is 2.73. The van der Waals surface area contributed by atoms with Crippen LogP contribution in [-0.2, 0) is 4.74 Å². The molecule has 23 heavy (non-hydrogen) atoms. The van der Waals surface area contributed by atoms with E-state index in [1.54, 1.807) is 0 Å². The van der Waals surface area contributed by atoms with Crippen LogP contribution in [0, 0.1) is 0 Å². The number of aliphatic hydroxyl groups is 1. The molecule has 2 heteroatoms. The van der Waals surface area contributed by atoms with Crippen LogP contribution in [0.5, 0.6) is 0 Å². The van der Waals surface area contributed by atoms with Gasteiger partial charge in [0.1, 0.15) is 0 Å². The molecule has 0 amide bonds. The van der Waals surface area contributed by atoms with Gasteiger partial charge < -0.3 is 9.84 Å². The molecule has 0 rings (SSSR count). The van der Waals surface area contributed by atoms with E-state index in [9.17, 15) is 5.11 Å². The number of aliphatic hydroxyl groups excluding tert-OH is 1. The van der Waals surface area contributed by atoms with E-state index in [1.165, 1.54) is 77.0 Å². The van der Waals surface area contributed by atoms with Crippen LogP contribution in [0.25, 0.3) is 0 Å². The molecule has 0 aromatic heterocycles. The first-order valence-corrected chi connectivity index (χ1v) is 10.3. The number of rotatable bonds is 18. The topological polar surface area (TPSA) is 29.5 Å². The first-order valence-electron chi connectivity index (χ1n) is 10.3. The number of unbranched alkanes of at least 4 members (excludes halogenated alkanes) is 11. The first kappa shape index (κ1) is 22.7. The van der Waals surface area contributed by atoms with Crippen LogP contribution in [0.2, 0.25) is 0 Å². The van der Waals surface area contributed by atoms with E-state index in [1.807, 2.05) is 0 Å². The van der Waals surface area contributed by atoms with Crippen LogP contribution in [0.4, 0.5) is 0 Å². The zero-order valence-corrected chi connectivity index (χ0v) is 15.9. The second-order valence-electron chi connectivity index (χ2n) is 6.70. The van der Waals surface area contributed by atoms with Gasteiger partial charge in [0.15, 0.2) is 6.29 Å². The lowest BCUT2D eigenvalue weighted by Gasteiger charge is -2.10. The summed E-state index contributed by atoms with van der Waals surface area (Å²) in [5.41, 5.74) is 0. The lowest BCUT2D eigenvalue weighted by Crippen LogP contribution is -2.12. The van der Waals surface area contributed by atoms with Gasteiger partial charge in [-0.25, -0.2) is 0 Å². The van der Waals surface area contributed by atoms with Crippen molar-refractivity contribution in [2.24, 2.45) is 0 Å². The summed E-state index contributed by atoms with van der Waals surface area (Å²) >= 11 is 0. The highest BCUT2D eigenvalue weighted by atomic mass is 16.6. The maximum atomic E-state index is 9.55. The Morgan fingerprint density at radius 2 is 1.22 bits per heavy atom. The van der Waals surface area contributed by atoms with Gasteiger partial charge >= 0.3 is 0 Å². The second kappa shape index (κ2) is 19.7. The fourth-order valence-corrected chi connectivity index (χ4v) is 2.73. The van der Waals surface area contributed by atoms with Gasteiger partial charge in [-0.05, 0) is 44.9 Å². The minimum atomic E-state index is -0.542. The average molecular weight is 327 g/mol. The van der Waals surface area contributed by atoms with Crippen LogP contribution >= 0.6 is 0 Å². The van der Waals surface area contributed by atoms with Crippen molar-refractivity contribution in [2.45, 2.75) is 116 Å². The second-order valence-corrected chi connectivity index (χ2v) is 6.70. The zero-order valence-electron chi connectivity index (χ0n) is 15.9. The highest BCUT2D eigenvalue weighted by molar-refractivity contribution is 4.81. The molecule has 0 aliphatic carbocycles. The molecule has 0 aromatic carbocycles. The molecule has 1 unspecified atom stereocenters. The van der Waals surface area contributed by atoms with E-state index in [0.29, 0.717) is 6.61 Å².